The van der Waals surface area contributed by atoms with Gasteiger partial charge in [-0.2, -0.15) is 0 Å². The monoisotopic (exact) mass is 272 g/mol. The van der Waals surface area contributed by atoms with Crippen LogP contribution in [0.2, 0.25) is 0 Å². The van der Waals surface area contributed by atoms with Gasteiger partial charge < -0.3 is 20.5 Å². The van der Waals surface area contributed by atoms with E-state index in [1.54, 1.807) is 0 Å². The maximum Gasteiger partial charge on any atom is 0.315 e. The highest BCUT2D eigenvalue weighted by molar-refractivity contribution is 5.76. The van der Waals surface area contributed by atoms with Crippen molar-refractivity contribution in [1.82, 2.24) is 10.6 Å². The van der Waals surface area contributed by atoms with Crippen molar-refractivity contribution in [2.24, 2.45) is 11.8 Å². The molecule has 6 nitrogen and oxygen atoms in total. The van der Waals surface area contributed by atoms with E-state index in [4.69, 9.17) is 9.84 Å². The van der Waals surface area contributed by atoms with Gasteiger partial charge in [0.25, 0.3) is 0 Å². The van der Waals surface area contributed by atoms with Gasteiger partial charge in [-0.3, -0.25) is 4.79 Å². The van der Waals surface area contributed by atoms with E-state index in [1.807, 2.05) is 20.8 Å². The number of hydrogen-bond donors (Lipinski definition) is 3. The molecule has 1 aliphatic rings. The molecule has 0 aromatic carbocycles. The number of hydrogen-bond acceptors (Lipinski definition) is 3. The minimum absolute atomic E-state index is 0.0200. The predicted molar refractivity (Wildman–Crippen MR) is 70.9 cm³/mol. The summed E-state index contributed by atoms with van der Waals surface area (Å²) in [5.74, 6) is -1.47. The number of nitrogens with one attached hydrogen (secondary N) is 2. The van der Waals surface area contributed by atoms with Gasteiger partial charge >= 0.3 is 12.0 Å². The largest absolute Gasteiger partial charge is 0.481 e. The van der Waals surface area contributed by atoms with Crippen LogP contribution in [0.15, 0.2) is 0 Å². The van der Waals surface area contributed by atoms with E-state index < -0.39 is 11.9 Å². The van der Waals surface area contributed by atoms with Crippen molar-refractivity contribution in [3.8, 4) is 0 Å². The molecule has 0 aliphatic carbocycles. The van der Waals surface area contributed by atoms with Crippen molar-refractivity contribution in [2.45, 2.75) is 45.8 Å². The van der Waals surface area contributed by atoms with Crippen LogP contribution in [0.3, 0.4) is 0 Å². The van der Waals surface area contributed by atoms with Crippen LogP contribution >= 0.6 is 0 Å². The summed E-state index contributed by atoms with van der Waals surface area (Å²) in [6.45, 7) is 6.43. The molecule has 1 heterocycles. The lowest BCUT2D eigenvalue weighted by atomic mass is 9.96. The second kappa shape index (κ2) is 7.33. The Bertz CT molecular complexity index is 314. The molecule has 1 rings (SSSR count). The van der Waals surface area contributed by atoms with E-state index in [2.05, 4.69) is 10.6 Å². The molecule has 1 aliphatic heterocycles. The first-order valence-corrected chi connectivity index (χ1v) is 6.80. The Hall–Kier alpha value is -1.30. The molecule has 110 valence electrons. The Morgan fingerprint density at radius 2 is 2.05 bits per heavy atom. The van der Waals surface area contributed by atoms with Gasteiger partial charge in [0, 0.05) is 13.2 Å². The number of carbonyl (C=O) groups is 2. The number of rotatable bonds is 6. The normalized spacial score (nSPS) is 22.0. The molecule has 6 heteroatoms. The Labute approximate surface area is 113 Å². The van der Waals surface area contributed by atoms with Crippen LogP contribution in [0.1, 0.15) is 33.6 Å². The summed E-state index contributed by atoms with van der Waals surface area (Å²) in [6, 6.07) is -0.403. The summed E-state index contributed by atoms with van der Waals surface area (Å²) >= 11 is 0. The molecule has 2 amide bonds. The second-order valence-corrected chi connectivity index (χ2v) is 5.38. The van der Waals surface area contributed by atoms with Crippen LogP contribution in [0.5, 0.6) is 0 Å². The molecule has 19 heavy (non-hydrogen) atoms. The van der Waals surface area contributed by atoms with E-state index in [0.29, 0.717) is 0 Å². The summed E-state index contributed by atoms with van der Waals surface area (Å²) in [5.41, 5.74) is 0. The molecule has 0 saturated carbocycles. The summed E-state index contributed by atoms with van der Waals surface area (Å²) in [4.78, 5) is 22.7. The molecule has 0 aromatic rings. The van der Waals surface area contributed by atoms with E-state index in [0.717, 1.165) is 19.4 Å². The van der Waals surface area contributed by atoms with Crippen LogP contribution in [-0.2, 0) is 9.53 Å². The molecular weight excluding hydrogens is 248 g/mol. The smallest absolute Gasteiger partial charge is 0.315 e. The van der Waals surface area contributed by atoms with E-state index in [1.165, 1.54) is 0 Å². The number of carboxylic acids is 1. The fourth-order valence-electron chi connectivity index (χ4n) is 2.16. The van der Waals surface area contributed by atoms with Gasteiger partial charge in [0.1, 0.15) is 0 Å². The molecule has 3 unspecified atom stereocenters. The van der Waals surface area contributed by atoms with Crippen LogP contribution in [0, 0.1) is 11.8 Å². The highest BCUT2D eigenvalue weighted by Crippen LogP contribution is 2.15. The molecular formula is C13H24N2O4. The number of carboxylic acid groups (broad SMARTS) is 1. The third-order valence-electron chi connectivity index (χ3n) is 3.49. The van der Waals surface area contributed by atoms with Crippen molar-refractivity contribution in [1.29, 1.82) is 0 Å². The average Bonchev–Trinajstić information content (AvgIpc) is 2.81. The quantitative estimate of drug-likeness (QED) is 0.678. The number of aliphatic carboxylic acids is 1. The van der Waals surface area contributed by atoms with Gasteiger partial charge in [-0.1, -0.05) is 13.8 Å². The van der Waals surface area contributed by atoms with E-state index >= 15 is 0 Å². The van der Waals surface area contributed by atoms with Gasteiger partial charge in [-0.15, -0.1) is 0 Å². The minimum Gasteiger partial charge on any atom is -0.481 e. The van der Waals surface area contributed by atoms with Crippen molar-refractivity contribution in [3.63, 3.8) is 0 Å². The van der Waals surface area contributed by atoms with Crippen LogP contribution in [-0.4, -0.2) is 42.4 Å². The number of carbonyl (C=O) groups excluding carboxylic acids is 1. The van der Waals surface area contributed by atoms with Crippen LogP contribution in [0.25, 0.3) is 0 Å². The zero-order valence-electron chi connectivity index (χ0n) is 11.8. The standard InChI is InChI=1S/C13H24N2O4/c1-8(2)10(12(16)17)7-14-13(18)15-9(3)11-5-4-6-19-11/h8-11H,4-7H2,1-3H3,(H,16,17)(H2,14,15,18). The summed E-state index contributed by atoms with van der Waals surface area (Å²) in [7, 11) is 0. The first-order chi connectivity index (χ1) is 8.91. The van der Waals surface area contributed by atoms with Crippen molar-refractivity contribution in [2.75, 3.05) is 13.2 Å². The fraction of sp³-hybridized carbons (Fsp3) is 0.846. The topological polar surface area (TPSA) is 87.7 Å². The van der Waals surface area contributed by atoms with Crippen molar-refractivity contribution in [3.05, 3.63) is 0 Å². The highest BCUT2D eigenvalue weighted by Gasteiger charge is 2.25. The molecule has 0 aromatic heterocycles. The summed E-state index contributed by atoms with van der Waals surface area (Å²) < 4.78 is 5.48. The fourth-order valence-corrected chi connectivity index (χ4v) is 2.16. The van der Waals surface area contributed by atoms with E-state index in [9.17, 15) is 9.59 Å². The maximum absolute atomic E-state index is 11.7. The zero-order valence-corrected chi connectivity index (χ0v) is 11.8. The molecule has 3 atom stereocenters. The lowest BCUT2D eigenvalue weighted by molar-refractivity contribution is -0.142. The minimum atomic E-state index is -0.887. The predicted octanol–water partition coefficient (Wildman–Crippen LogP) is 1.21. The first kappa shape index (κ1) is 15.8. The summed E-state index contributed by atoms with van der Waals surface area (Å²) in [6.07, 6.45) is 2.03. The summed E-state index contributed by atoms with van der Waals surface area (Å²) in [5, 5.41) is 14.4. The van der Waals surface area contributed by atoms with Crippen molar-refractivity contribution >= 4 is 12.0 Å². The molecule has 0 radical (unpaired) electrons. The second-order valence-electron chi connectivity index (χ2n) is 5.38. The lowest BCUT2D eigenvalue weighted by Crippen LogP contribution is -2.48. The van der Waals surface area contributed by atoms with Gasteiger partial charge in [0.05, 0.1) is 18.1 Å². The molecule has 1 saturated heterocycles. The number of urea groups is 1. The number of ether oxygens (including phenoxy) is 1. The first-order valence-electron chi connectivity index (χ1n) is 6.80. The van der Waals surface area contributed by atoms with Gasteiger partial charge in [-0.25, -0.2) is 4.79 Å². The van der Waals surface area contributed by atoms with Gasteiger partial charge in [0.2, 0.25) is 0 Å². The number of amides is 2. The third kappa shape index (κ3) is 5.06. The van der Waals surface area contributed by atoms with Gasteiger partial charge in [-0.05, 0) is 25.7 Å². The Balaban J connectivity index is 2.32. The molecule has 3 N–H and O–H groups in total. The Morgan fingerprint density at radius 1 is 1.37 bits per heavy atom. The van der Waals surface area contributed by atoms with Crippen LogP contribution in [0.4, 0.5) is 4.79 Å². The molecule has 1 fully saturated rings. The third-order valence-corrected chi connectivity index (χ3v) is 3.49. The molecule has 0 bridgehead atoms. The maximum atomic E-state index is 11.7. The van der Waals surface area contributed by atoms with Crippen LogP contribution < -0.4 is 10.6 Å². The molecule has 0 spiro atoms. The zero-order chi connectivity index (χ0) is 14.4. The van der Waals surface area contributed by atoms with Gasteiger partial charge in [0.15, 0.2) is 0 Å². The van der Waals surface area contributed by atoms with E-state index in [-0.39, 0.29) is 30.6 Å². The average molecular weight is 272 g/mol. The SMILES string of the molecule is CC(C)C(CNC(=O)NC(C)C1CCCO1)C(=O)O. The van der Waals surface area contributed by atoms with Crippen molar-refractivity contribution < 1.29 is 19.4 Å². The highest BCUT2D eigenvalue weighted by atomic mass is 16.5. The lowest BCUT2D eigenvalue weighted by Gasteiger charge is -2.22. The Morgan fingerprint density at radius 3 is 2.53 bits per heavy atom. The Kier molecular flexibility index (Phi) is 6.08.